The van der Waals surface area contributed by atoms with Crippen molar-refractivity contribution in [2.45, 2.75) is 6.54 Å². The van der Waals surface area contributed by atoms with Gasteiger partial charge in [0, 0.05) is 10.7 Å². The molecular weight excluding hydrogens is 370 g/mol. The molecule has 0 fully saturated rings. The first-order valence-electron chi connectivity index (χ1n) is 4.70. The number of ketones is 1. The second kappa shape index (κ2) is 5.29. The lowest BCUT2D eigenvalue weighted by Gasteiger charge is -2.04. The fourth-order valence-electron chi connectivity index (χ4n) is 1.35. The van der Waals surface area contributed by atoms with Crippen LogP contribution in [0, 0.1) is 0 Å². The van der Waals surface area contributed by atoms with Crippen LogP contribution < -0.4 is 5.56 Å². The van der Waals surface area contributed by atoms with Gasteiger partial charge in [-0.2, -0.15) is 0 Å². The fraction of sp³-hybridized carbons (Fsp3) is 0.0909. The zero-order valence-electron chi connectivity index (χ0n) is 8.52. The molecule has 88 valence electrons. The Morgan fingerprint density at radius 1 is 1.29 bits per heavy atom. The van der Waals surface area contributed by atoms with Crippen molar-refractivity contribution in [2.75, 3.05) is 0 Å². The molecule has 0 radical (unpaired) electrons. The number of hydrogen-bond acceptors (Lipinski definition) is 3. The summed E-state index contributed by atoms with van der Waals surface area (Å²) in [6, 6.07) is 5.20. The van der Waals surface area contributed by atoms with Gasteiger partial charge in [0.05, 0.1) is 15.9 Å². The smallest absolute Gasteiger partial charge is 0.265 e. The molecule has 2 aromatic rings. The molecule has 0 N–H and O–H groups in total. The van der Waals surface area contributed by atoms with E-state index in [0.29, 0.717) is 9.35 Å². The highest BCUT2D eigenvalue weighted by molar-refractivity contribution is 9.10. The molecule has 2 rings (SSSR count). The Morgan fingerprint density at radius 3 is 2.71 bits per heavy atom. The van der Waals surface area contributed by atoms with Crippen molar-refractivity contribution in [3.8, 4) is 0 Å². The van der Waals surface area contributed by atoms with Crippen molar-refractivity contribution >= 4 is 49.0 Å². The molecule has 6 heteroatoms. The first-order valence-corrected chi connectivity index (χ1v) is 7.17. The summed E-state index contributed by atoms with van der Waals surface area (Å²) in [6.45, 7) is 0.0530. The maximum atomic E-state index is 12.0. The predicted octanol–water partition coefficient (Wildman–Crippen LogP) is 3.32. The van der Waals surface area contributed by atoms with Crippen LogP contribution in [-0.4, -0.2) is 10.4 Å². The van der Waals surface area contributed by atoms with Gasteiger partial charge in [-0.3, -0.25) is 9.59 Å². The van der Waals surface area contributed by atoms with Crippen LogP contribution >= 0.6 is 43.2 Å². The molecule has 0 amide bonds. The number of aromatic nitrogens is 1. The van der Waals surface area contributed by atoms with Crippen molar-refractivity contribution in [2.24, 2.45) is 0 Å². The van der Waals surface area contributed by atoms with Gasteiger partial charge in [-0.05, 0) is 55.4 Å². The summed E-state index contributed by atoms with van der Waals surface area (Å²) in [5, 5.41) is 1.83. The van der Waals surface area contributed by atoms with E-state index in [4.69, 9.17) is 0 Å². The zero-order chi connectivity index (χ0) is 12.4. The molecule has 2 heterocycles. The number of pyridine rings is 1. The molecule has 0 aliphatic heterocycles. The Labute approximate surface area is 118 Å². The highest BCUT2D eigenvalue weighted by Gasteiger charge is 2.13. The summed E-state index contributed by atoms with van der Waals surface area (Å²) in [4.78, 5) is 24.3. The van der Waals surface area contributed by atoms with Gasteiger partial charge in [0.1, 0.15) is 0 Å². The lowest BCUT2D eigenvalue weighted by atomic mass is 10.3. The fourth-order valence-corrected chi connectivity index (χ4v) is 3.26. The number of rotatable bonds is 3. The monoisotopic (exact) mass is 375 g/mol. The maximum Gasteiger partial charge on any atom is 0.265 e. The Bertz CT molecular complexity index is 618. The van der Waals surface area contributed by atoms with Crippen molar-refractivity contribution < 1.29 is 4.79 Å². The first-order chi connectivity index (χ1) is 8.09. The summed E-state index contributed by atoms with van der Waals surface area (Å²) >= 11 is 7.82. The molecule has 0 atom stereocenters. The van der Waals surface area contributed by atoms with Gasteiger partial charge in [-0.1, -0.05) is 0 Å². The summed E-state index contributed by atoms with van der Waals surface area (Å²) in [5.74, 6) is -0.0768. The molecule has 3 nitrogen and oxygen atoms in total. The van der Waals surface area contributed by atoms with Crippen LogP contribution in [0.1, 0.15) is 9.67 Å². The van der Waals surface area contributed by atoms with E-state index in [-0.39, 0.29) is 17.9 Å². The highest BCUT2D eigenvalue weighted by atomic mass is 79.9. The highest BCUT2D eigenvalue weighted by Crippen LogP contribution is 2.23. The summed E-state index contributed by atoms with van der Waals surface area (Å²) in [5.41, 5.74) is -0.200. The average molecular weight is 377 g/mol. The number of thiophene rings is 1. The molecule has 17 heavy (non-hydrogen) atoms. The van der Waals surface area contributed by atoms with Crippen LogP contribution in [0.3, 0.4) is 0 Å². The van der Waals surface area contributed by atoms with Crippen LogP contribution in [0.4, 0.5) is 0 Å². The van der Waals surface area contributed by atoms with Crippen LogP contribution in [0.2, 0.25) is 0 Å². The minimum Gasteiger partial charge on any atom is -0.307 e. The van der Waals surface area contributed by atoms with Gasteiger partial charge in [0.15, 0.2) is 5.78 Å². The summed E-state index contributed by atoms with van der Waals surface area (Å²) in [7, 11) is 0. The Kier molecular flexibility index (Phi) is 3.96. The molecule has 0 bridgehead atoms. The lowest BCUT2D eigenvalue weighted by molar-refractivity contribution is 0.0974. The SMILES string of the molecule is O=C(Cn1cccc(Br)c1=O)c1sccc1Br. The first kappa shape index (κ1) is 12.7. The van der Waals surface area contributed by atoms with Gasteiger partial charge in [0.25, 0.3) is 5.56 Å². The largest absolute Gasteiger partial charge is 0.307 e. The number of Topliss-reactive ketones (excluding diaryl/α,β-unsaturated/α-hetero) is 1. The van der Waals surface area contributed by atoms with Crippen molar-refractivity contribution in [3.05, 3.63) is 54.0 Å². The minimum atomic E-state index is -0.200. The van der Waals surface area contributed by atoms with Crippen LogP contribution in [0.5, 0.6) is 0 Å². The summed E-state index contributed by atoms with van der Waals surface area (Å²) < 4.78 is 2.62. The zero-order valence-corrected chi connectivity index (χ0v) is 12.5. The molecule has 0 aromatic carbocycles. The lowest BCUT2D eigenvalue weighted by Crippen LogP contribution is -2.23. The molecule has 0 saturated heterocycles. The minimum absolute atomic E-state index is 0.0530. The van der Waals surface area contributed by atoms with E-state index in [0.717, 1.165) is 4.47 Å². The van der Waals surface area contributed by atoms with E-state index in [9.17, 15) is 9.59 Å². The van der Waals surface area contributed by atoms with Crippen LogP contribution in [0.25, 0.3) is 0 Å². The van der Waals surface area contributed by atoms with Gasteiger partial charge >= 0.3 is 0 Å². The predicted molar refractivity (Wildman–Crippen MR) is 74.8 cm³/mol. The number of halogens is 2. The van der Waals surface area contributed by atoms with Gasteiger partial charge in [-0.25, -0.2) is 0 Å². The van der Waals surface area contributed by atoms with Gasteiger partial charge < -0.3 is 4.57 Å². The molecule has 0 spiro atoms. The number of hydrogen-bond donors (Lipinski definition) is 0. The molecule has 0 unspecified atom stereocenters. The number of nitrogens with zero attached hydrogens (tertiary/aromatic N) is 1. The molecule has 2 aromatic heterocycles. The number of carbonyl (C=O) groups excluding carboxylic acids is 1. The van der Waals surface area contributed by atoms with E-state index >= 15 is 0 Å². The third-order valence-corrected chi connectivity index (χ3v) is 4.64. The Morgan fingerprint density at radius 2 is 2.06 bits per heavy atom. The van der Waals surface area contributed by atoms with Crippen molar-refractivity contribution in [1.29, 1.82) is 0 Å². The maximum absolute atomic E-state index is 12.0. The van der Waals surface area contributed by atoms with Gasteiger partial charge in [0.2, 0.25) is 0 Å². The molecule has 0 aliphatic rings. The van der Waals surface area contributed by atoms with E-state index < -0.39 is 0 Å². The molecule has 0 saturated carbocycles. The molecular formula is C11H7Br2NO2S. The van der Waals surface area contributed by atoms with Gasteiger partial charge in [-0.15, -0.1) is 11.3 Å². The number of carbonyl (C=O) groups is 1. The third kappa shape index (κ3) is 2.75. The van der Waals surface area contributed by atoms with Crippen LogP contribution in [0.15, 0.2) is 43.5 Å². The van der Waals surface area contributed by atoms with E-state index in [1.807, 2.05) is 11.4 Å². The average Bonchev–Trinajstić information content (AvgIpc) is 2.71. The third-order valence-electron chi connectivity index (χ3n) is 2.16. The topological polar surface area (TPSA) is 39.1 Å². The molecule has 0 aliphatic carbocycles. The normalized spacial score (nSPS) is 10.5. The van der Waals surface area contributed by atoms with Crippen molar-refractivity contribution in [1.82, 2.24) is 4.57 Å². The Balaban J connectivity index is 2.28. The Hall–Kier alpha value is -0.720. The van der Waals surface area contributed by atoms with E-state index in [2.05, 4.69) is 31.9 Å². The summed E-state index contributed by atoms with van der Waals surface area (Å²) in [6.07, 6.45) is 1.60. The van der Waals surface area contributed by atoms with E-state index in [1.54, 1.807) is 18.3 Å². The standard InChI is InChI=1S/C11H7Br2NO2S/c12-7-3-5-17-10(7)9(15)6-14-4-1-2-8(13)11(14)16/h1-5H,6H2. The van der Waals surface area contributed by atoms with Crippen molar-refractivity contribution in [3.63, 3.8) is 0 Å². The second-order valence-electron chi connectivity index (χ2n) is 3.31. The quantitative estimate of drug-likeness (QED) is 0.771. The van der Waals surface area contributed by atoms with E-state index in [1.165, 1.54) is 15.9 Å². The second-order valence-corrected chi connectivity index (χ2v) is 5.93. The van der Waals surface area contributed by atoms with Crippen LogP contribution in [-0.2, 0) is 6.54 Å².